The standard InChI is InChI=1S/C34H48N2O5/c1-11-12-26-32(39)35-14-13-22-18-23(40-9)19-27(41-10)29(22)30(35)20(2)36(26)28(37)17-21-15-24(33(3,4)5)31(38)25(16-21)34(6,7)8/h15-16,18-20,26,30,38H,11-14,17H2,1-10H3. The number of carbonyl (C=O) groups is 2. The normalized spacial score (nSPS) is 20.9. The highest BCUT2D eigenvalue weighted by Gasteiger charge is 2.49. The molecule has 2 aromatic rings. The first-order valence-electron chi connectivity index (χ1n) is 14.9. The molecule has 224 valence electrons. The van der Waals surface area contributed by atoms with E-state index in [0.717, 1.165) is 40.0 Å². The number of amides is 2. The largest absolute Gasteiger partial charge is 0.507 e. The highest BCUT2D eigenvalue weighted by atomic mass is 16.5. The Hall–Kier alpha value is -3.22. The van der Waals surface area contributed by atoms with Crippen molar-refractivity contribution in [3.63, 3.8) is 0 Å². The summed E-state index contributed by atoms with van der Waals surface area (Å²) in [5, 5.41) is 11.2. The number of fused-ring (bicyclic) bond motifs is 3. The molecule has 3 unspecified atom stereocenters. The molecule has 2 aliphatic rings. The average molecular weight is 565 g/mol. The molecule has 4 rings (SSSR count). The minimum absolute atomic E-state index is 0.00304. The maximum absolute atomic E-state index is 14.3. The monoisotopic (exact) mass is 564 g/mol. The number of phenolic OH excluding ortho intramolecular Hbond substituents is 1. The molecule has 7 heteroatoms. The lowest BCUT2D eigenvalue weighted by Gasteiger charge is -2.52. The summed E-state index contributed by atoms with van der Waals surface area (Å²) in [4.78, 5) is 32.1. The summed E-state index contributed by atoms with van der Waals surface area (Å²) in [7, 11) is 3.27. The third-order valence-corrected chi connectivity index (χ3v) is 8.70. The van der Waals surface area contributed by atoms with Gasteiger partial charge in [0.05, 0.1) is 32.7 Å². The summed E-state index contributed by atoms with van der Waals surface area (Å²) in [5.41, 5.74) is 3.96. The van der Waals surface area contributed by atoms with Crippen LogP contribution in [0, 0.1) is 0 Å². The van der Waals surface area contributed by atoms with Gasteiger partial charge in [0.25, 0.3) is 0 Å². The van der Waals surface area contributed by atoms with Crippen LogP contribution >= 0.6 is 0 Å². The summed E-state index contributed by atoms with van der Waals surface area (Å²) in [6.45, 7) is 17.1. The third kappa shape index (κ3) is 5.64. The van der Waals surface area contributed by atoms with E-state index in [4.69, 9.17) is 9.47 Å². The van der Waals surface area contributed by atoms with E-state index >= 15 is 0 Å². The van der Waals surface area contributed by atoms with Crippen molar-refractivity contribution in [3.8, 4) is 17.2 Å². The Morgan fingerprint density at radius 2 is 1.61 bits per heavy atom. The van der Waals surface area contributed by atoms with Gasteiger partial charge in [-0.1, -0.05) is 67.0 Å². The van der Waals surface area contributed by atoms with Crippen LogP contribution in [0.3, 0.4) is 0 Å². The quantitative estimate of drug-likeness (QED) is 0.461. The van der Waals surface area contributed by atoms with Crippen LogP contribution in [0.15, 0.2) is 24.3 Å². The number of aromatic hydroxyl groups is 1. The van der Waals surface area contributed by atoms with Crippen molar-refractivity contribution in [2.24, 2.45) is 0 Å². The van der Waals surface area contributed by atoms with Crippen LogP contribution in [0.25, 0.3) is 0 Å². The average Bonchev–Trinajstić information content (AvgIpc) is 2.89. The maximum atomic E-state index is 14.3. The second-order valence-corrected chi connectivity index (χ2v) is 13.7. The Labute approximate surface area is 245 Å². The van der Waals surface area contributed by atoms with E-state index in [1.807, 2.05) is 34.1 Å². The zero-order valence-electron chi connectivity index (χ0n) is 26.6. The summed E-state index contributed by atoms with van der Waals surface area (Å²) >= 11 is 0. The Kier molecular flexibility index (Phi) is 8.41. The topological polar surface area (TPSA) is 79.3 Å². The van der Waals surface area contributed by atoms with Gasteiger partial charge in [0.2, 0.25) is 11.8 Å². The Morgan fingerprint density at radius 3 is 2.12 bits per heavy atom. The van der Waals surface area contributed by atoms with Crippen molar-refractivity contribution in [1.29, 1.82) is 0 Å². The first-order valence-corrected chi connectivity index (χ1v) is 14.9. The van der Waals surface area contributed by atoms with Crippen LogP contribution in [0.4, 0.5) is 0 Å². The fourth-order valence-corrected chi connectivity index (χ4v) is 6.66. The maximum Gasteiger partial charge on any atom is 0.245 e. The smallest absolute Gasteiger partial charge is 0.245 e. The Bertz CT molecular complexity index is 1270. The van der Waals surface area contributed by atoms with E-state index in [2.05, 4.69) is 55.4 Å². The van der Waals surface area contributed by atoms with Gasteiger partial charge >= 0.3 is 0 Å². The number of hydrogen-bond acceptors (Lipinski definition) is 5. The van der Waals surface area contributed by atoms with Crippen LogP contribution < -0.4 is 9.47 Å². The molecule has 3 atom stereocenters. The number of hydrogen-bond donors (Lipinski definition) is 1. The molecular weight excluding hydrogens is 516 g/mol. The van der Waals surface area contributed by atoms with Gasteiger partial charge in [0.1, 0.15) is 23.3 Å². The number of nitrogens with zero attached hydrogens (tertiary/aromatic N) is 2. The van der Waals surface area contributed by atoms with Crippen LogP contribution in [0.5, 0.6) is 17.2 Å². The summed E-state index contributed by atoms with van der Waals surface area (Å²) in [6, 6.07) is 6.75. The lowest BCUT2D eigenvalue weighted by Crippen LogP contribution is -2.65. The predicted molar refractivity (Wildman–Crippen MR) is 162 cm³/mol. The molecule has 1 saturated heterocycles. The molecule has 41 heavy (non-hydrogen) atoms. The molecule has 2 heterocycles. The predicted octanol–water partition coefficient (Wildman–Crippen LogP) is 6.07. The second-order valence-electron chi connectivity index (χ2n) is 13.7. The van der Waals surface area contributed by atoms with Gasteiger partial charge in [-0.25, -0.2) is 0 Å². The van der Waals surface area contributed by atoms with Crippen molar-refractivity contribution < 1.29 is 24.2 Å². The van der Waals surface area contributed by atoms with E-state index < -0.39 is 6.04 Å². The second kappa shape index (κ2) is 11.2. The van der Waals surface area contributed by atoms with E-state index in [1.165, 1.54) is 0 Å². The van der Waals surface area contributed by atoms with Crippen LogP contribution in [-0.4, -0.2) is 59.6 Å². The molecule has 0 radical (unpaired) electrons. The third-order valence-electron chi connectivity index (χ3n) is 8.70. The van der Waals surface area contributed by atoms with Crippen LogP contribution in [-0.2, 0) is 33.3 Å². The highest BCUT2D eigenvalue weighted by molar-refractivity contribution is 5.91. The minimum Gasteiger partial charge on any atom is -0.507 e. The van der Waals surface area contributed by atoms with Gasteiger partial charge in [-0.15, -0.1) is 0 Å². The zero-order valence-corrected chi connectivity index (χ0v) is 26.6. The van der Waals surface area contributed by atoms with Crippen LogP contribution in [0.1, 0.15) is 102 Å². The molecule has 2 amide bonds. The van der Waals surface area contributed by atoms with Crippen molar-refractivity contribution in [1.82, 2.24) is 9.80 Å². The molecular formula is C34H48N2O5. The molecule has 1 fully saturated rings. The lowest BCUT2D eigenvalue weighted by molar-refractivity contribution is -0.161. The van der Waals surface area contributed by atoms with Gasteiger partial charge in [0.15, 0.2) is 0 Å². The minimum atomic E-state index is -0.508. The fraction of sp³-hybridized carbons (Fsp3) is 0.588. The number of methoxy groups -OCH3 is 2. The molecule has 0 aromatic heterocycles. The van der Waals surface area contributed by atoms with Gasteiger partial charge in [0, 0.05) is 18.2 Å². The number of ether oxygens (including phenoxy) is 2. The van der Waals surface area contributed by atoms with Crippen molar-refractivity contribution in [2.45, 2.75) is 110 Å². The van der Waals surface area contributed by atoms with Crippen molar-refractivity contribution in [3.05, 3.63) is 52.1 Å². The van der Waals surface area contributed by atoms with Gasteiger partial charge in [-0.05, 0) is 58.9 Å². The van der Waals surface area contributed by atoms with E-state index in [-0.39, 0.29) is 41.1 Å². The van der Waals surface area contributed by atoms with Gasteiger partial charge in [-0.3, -0.25) is 9.59 Å². The number of piperazine rings is 1. The first-order chi connectivity index (χ1) is 19.1. The number of phenols is 1. The Morgan fingerprint density at radius 1 is 1.00 bits per heavy atom. The van der Waals surface area contributed by atoms with Gasteiger partial charge < -0.3 is 24.4 Å². The number of carbonyl (C=O) groups excluding carboxylic acids is 2. The van der Waals surface area contributed by atoms with Crippen molar-refractivity contribution in [2.75, 3.05) is 20.8 Å². The van der Waals surface area contributed by atoms with Crippen molar-refractivity contribution >= 4 is 11.8 Å². The molecule has 0 bridgehead atoms. The summed E-state index contributed by atoms with van der Waals surface area (Å²) < 4.78 is 11.3. The van der Waals surface area contributed by atoms with E-state index in [0.29, 0.717) is 30.9 Å². The SMILES string of the molecule is CCCC1C(=O)N2CCc3cc(OC)cc(OC)c3C2C(C)N1C(=O)Cc1cc(C(C)(C)C)c(O)c(C(C)(C)C)c1. The molecule has 1 N–H and O–H groups in total. The summed E-state index contributed by atoms with van der Waals surface area (Å²) in [6.07, 6.45) is 2.28. The molecule has 0 saturated carbocycles. The first kappa shape index (κ1) is 30.7. The molecule has 2 aliphatic heterocycles. The highest BCUT2D eigenvalue weighted by Crippen LogP contribution is 2.46. The van der Waals surface area contributed by atoms with Gasteiger partial charge in [-0.2, -0.15) is 0 Å². The zero-order chi connectivity index (χ0) is 30.4. The number of benzene rings is 2. The number of rotatable bonds is 6. The lowest BCUT2D eigenvalue weighted by atomic mass is 9.78. The van der Waals surface area contributed by atoms with E-state index in [9.17, 15) is 14.7 Å². The van der Waals surface area contributed by atoms with Crippen LogP contribution in [0.2, 0.25) is 0 Å². The molecule has 0 aliphatic carbocycles. The Balaban J connectivity index is 1.79. The van der Waals surface area contributed by atoms with E-state index in [1.54, 1.807) is 14.2 Å². The molecule has 7 nitrogen and oxygen atoms in total. The molecule has 2 aromatic carbocycles. The summed E-state index contributed by atoms with van der Waals surface area (Å²) in [5.74, 6) is 1.62. The fourth-order valence-electron chi connectivity index (χ4n) is 6.66. The molecule has 0 spiro atoms.